The second kappa shape index (κ2) is 7.71. The molecule has 1 atom stereocenters. The monoisotopic (exact) mass is 397 g/mol. The average Bonchev–Trinajstić information content (AvgIpc) is 3.18. The van der Waals surface area contributed by atoms with Crippen LogP contribution in [0.5, 0.6) is 0 Å². The fourth-order valence-corrected chi connectivity index (χ4v) is 4.32. The minimum Gasteiger partial charge on any atom is -0.355 e. The molecule has 1 aromatic carbocycles. The number of hydrogen-bond donors (Lipinski definition) is 1. The lowest BCUT2D eigenvalue weighted by Crippen LogP contribution is -2.16. The number of H-pyrrole nitrogens is 1. The van der Waals surface area contributed by atoms with E-state index < -0.39 is 5.25 Å². The summed E-state index contributed by atoms with van der Waals surface area (Å²) >= 11 is 1.30. The molecule has 3 rings (SSSR count). The zero-order valence-electron chi connectivity index (χ0n) is 16.8. The van der Waals surface area contributed by atoms with Gasteiger partial charge < -0.3 is 4.98 Å². The van der Waals surface area contributed by atoms with Crippen LogP contribution >= 0.6 is 11.8 Å². The van der Waals surface area contributed by atoms with Crippen molar-refractivity contribution in [1.82, 2.24) is 25.2 Å². The predicted molar refractivity (Wildman–Crippen MR) is 109 cm³/mol. The predicted octanol–water partition coefficient (Wildman–Crippen LogP) is 3.79. The molecule has 1 N–H and O–H groups in total. The molecule has 0 spiro atoms. The van der Waals surface area contributed by atoms with Crippen LogP contribution < -0.4 is 0 Å². The van der Waals surface area contributed by atoms with Crippen molar-refractivity contribution in [3.8, 4) is 5.69 Å². The Balaban J connectivity index is 1.90. The van der Waals surface area contributed by atoms with E-state index in [0.717, 1.165) is 16.8 Å². The smallest absolute Gasteiger partial charge is 0.214 e. The fourth-order valence-electron chi connectivity index (χ4n) is 3.47. The van der Waals surface area contributed by atoms with Crippen molar-refractivity contribution in [3.63, 3.8) is 0 Å². The van der Waals surface area contributed by atoms with Gasteiger partial charge in [0.25, 0.3) is 0 Å². The highest BCUT2D eigenvalue weighted by Gasteiger charge is 2.26. The number of para-hydroxylation sites is 1. The van der Waals surface area contributed by atoms with Crippen LogP contribution in [0.2, 0.25) is 0 Å². The first-order valence-electron chi connectivity index (χ1n) is 8.98. The van der Waals surface area contributed by atoms with Gasteiger partial charge in [-0.15, -0.1) is 5.10 Å². The highest BCUT2D eigenvalue weighted by atomic mass is 32.2. The topological polar surface area (TPSA) is 93.5 Å². The van der Waals surface area contributed by atoms with Gasteiger partial charge in [-0.05, 0) is 68.7 Å². The molecule has 0 fully saturated rings. The van der Waals surface area contributed by atoms with Crippen molar-refractivity contribution < 1.29 is 9.59 Å². The molecule has 2 aromatic heterocycles. The van der Waals surface area contributed by atoms with E-state index in [0.29, 0.717) is 27.7 Å². The maximum absolute atomic E-state index is 13.0. The summed E-state index contributed by atoms with van der Waals surface area (Å²) < 4.78 is 1.67. The normalized spacial score (nSPS) is 12.2. The second-order valence-corrected chi connectivity index (χ2v) is 8.23. The Bertz CT molecular complexity index is 1050. The van der Waals surface area contributed by atoms with Crippen LogP contribution in [0.3, 0.4) is 0 Å². The molecule has 146 valence electrons. The summed E-state index contributed by atoms with van der Waals surface area (Å²) in [6.45, 7) is 10.9. The number of rotatable bonds is 6. The van der Waals surface area contributed by atoms with Gasteiger partial charge in [0.1, 0.15) is 0 Å². The minimum absolute atomic E-state index is 0.0513. The largest absolute Gasteiger partial charge is 0.355 e. The number of carbonyl (C=O) groups is 2. The van der Waals surface area contributed by atoms with Crippen LogP contribution in [0.1, 0.15) is 57.1 Å². The lowest BCUT2D eigenvalue weighted by molar-refractivity contribution is 0.0988. The molecule has 0 aliphatic heterocycles. The number of ketones is 2. The van der Waals surface area contributed by atoms with Crippen molar-refractivity contribution in [2.45, 2.75) is 51.9 Å². The first kappa shape index (κ1) is 20.0. The van der Waals surface area contributed by atoms with Gasteiger partial charge in [0.15, 0.2) is 11.6 Å². The molecule has 28 heavy (non-hydrogen) atoms. The van der Waals surface area contributed by atoms with Gasteiger partial charge in [-0.1, -0.05) is 30.0 Å². The number of thioether (sulfide) groups is 1. The lowest BCUT2D eigenvalue weighted by atomic mass is 10.0. The average molecular weight is 398 g/mol. The van der Waals surface area contributed by atoms with E-state index in [1.165, 1.54) is 18.7 Å². The number of aromatic amines is 1. The number of tetrazole rings is 1. The Morgan fingerprint density at radius 3 is 2.36 bits per heavy atom. The number of aryl methyl sites for hydroxylation is 3. The van der Waals surface area contributed by atoms with E-state index in [9.17, 15) is 9.59 Å². The Hall–Kier alpha value is -2.74. The molecule has 0 amide bonds. The summed E-state index contributed by atoms with van der Waals surface area (Å²) in [5, 5.41) is 12.2. The third kappa shape index (κ3) is 3.52. The van der Waals surface area contributed by atoms with E-state index in [2.05, 4.69) is 20.5 Å². The number of nitrogens with one attached hydrogen (secondary N) is 1. The highest BCUT2D eigenvalue weighted by Crippen LogP contribution is 2.29. The highest BCUT2D eigenvalue weighted by molar-refractivity contribution is 8.00. The van der Waals surface area contributed by atoms with Crippen molar-refractivity contribution in [3.05, 3.63) is 51.8 Å². The maximum atomic E-state index is 13.0. The minimum atomic E-state index is -0.425. The third-order valence-electron chi connectivity index (χ3n) is 4.78. The summed E-state index contributed by atoms with van der Waals surface area (Å²) in [6, 6.07) is 5.99. The summed E-state index contributed by atoms with van der Waals surface area (Å²) in [6.07, 6.45) is 0. The molecule has 3 aromatic rings. The van der Waals surface area contributed by atoms with Crippen LogP contribution in [-0.2, 0) is 0 Å². The molecule has 8 heteroatoms. The van der Waals surface area contributed by atoms with E-state index >= 15 is 0 Å². The number of nitrogens with zero attached hydrogens (tertiary/aromatic N) is 4. The standard InChI is InChI=1S/C20H23N5O2S/c1-10-8-7-9-11(2)18(10)25-20(22-23-24-25)28-15(6)19(27)17-12(3)16(14(5)26)13(4)21-17/h7-9,15,21H,1-6H3. The SMILES string of the molecule is CC(=O)c1c(C)[nH]c(C(=O)C(C)Sc2nnnn2-c2c(C)cccc2C)c1C. The second-order valence-electron chi connectivity index (χ2n) is 6.92. The van der Waals surface area contributed by atoms with Crippen molar-refractivity contribution in [2.24, 2.45) is 0 Å². The summed E-state index contributed by atoms with van der Waals surface area (Å²) in [5.74, 6) is -0.140. The Morgan fingerprint density at radius 2 is 1.79 bits per heavy atom. The van der Waals surface area contributed by atoms with Crippen molar-refractivity contribution >= 4 is 23.3 Å². The molecule has 0 radical (unpaired) electrons. The third-order valence-corrected chi connectivity index (χ3v) is 5.81. The van der Waals surface area contributed by atoms with Crippen molar-refractivity contribution in [1.29, 1.82) is 0 Å². The van der Waals surface area contributed by atoms with Crippen LogP contribution in [0.4, 0.5) is 0 Å². The van der Waals surface area contributed by atoms with E-state index in [-0.39, 0.29) is 11.6 Å². The molecule has 7 nitrogen and oxygen atoms in total. The Kier molecular flexibility index (Phi) is 5.51. The van der Waals surface area contributed by atoms with Gasteiger partial charge in [0.2, 0.25) is 5.16 Å². The van der Waals surface area contributed by atoms with E-state index in [1.54, 1.807) is 18.5 Å². The van der Waals surface area contributed by atoms with Gasteiger partial charge in [0, 0.05) is 11.3 Å². The quantitative estimate of drug-likeness (QED) is 0.502. The lowest BCUT2D eigenvalue weighted by Gasteiger charge is -2.13. The summed E-state index contributed by atoms with van der Waals surface area (Å²) in [7, 11) is 0. The molecular weight excluding hydrogens is 374 g/mol. The first-order chi connectivity index (χ1) is 13.2. The molecule has 0 saturated carbocycles. The maximum Gasteiger partial charge on any atom is 0.214 e. The Labute approximate surface area is 167 Å². The van der Waals surface area contributed by atoms with Crippen LogP contribution in [0.15, 0.2) is 23.4 Å². The van der Waals surface area contributed by atoms with Crippen LogP contribution in [0.25, 0.3) is 5.69 Å². The van der Waals surface area contributed by atoms with E-state index in [4.69, 9.17) is 0 Å². The number of Topliss-reactive ketones (excluding diaryl/α,β-unsaturated/α-hetero) is 2. The molecule has 1 unspecified atom stereocenters. The summed E-state index contributed by atoms with van der Waals surface area (Å²) in [4.78, 5) is 27.9. The molecule has 2 heterocycles. The van der Waals surface area contributed by atoms with Crippen LogP contribution in [-0.4, -0.2) is 42.0 Å². The van der Waals surface area contributed by atoms with Gasteiger partial charge in [-0.2, -0.15) is 4.68 Å². The van der Waals surface area contributed by atoms with Gasteiger partial charge >= 0.3 is 0 Å². The molecule has 0 aliphatic carbocycles. The van der Waals surface area contributed by atoms with Gasteiger partial charge in [-0.3, -0.25) is 9.59 Å². The molecule has 0 bridgehead atoms. The van der Waals surface area contributed by atoms with Gasteiger partial charge in [0.05, 0.1) is 16.6 Å². The fraction of sp³-hybridized carbons (Fsp3) is 0.350. The number of benzene rings is 1. The van der Waals surface area contributed by atoms with E-state index in [1.807, 2.05) is 39.0 Å². The Morgan fingerprint density at radius 1 is 1.14 bits per heavy atom. The number of hydrogen-bond acceptors (Lipinski definition) is 6. The molecule has 0 saturated heterocycles. The van der Waals surface area contributed by atoms with Crippen molar-refractivity contribution in [2.75, 3.05) is 0 Å². The van der Waals surface area contributed by atoms with Crippen LogP contribution in [0, 0.1) is 27.7 Å². The zero-order chi connectivity index (χ0) is 20.6. The number of aromatic nitrogens is 5. The summed E-state index contributed by atoms with van der Waals surface area (Å²) in [5.41, 5.74) is 5.47. The first-order valence-corrected chi connectivity index (χ1v) is 9.86. The number of carbonyl (C=O) groups excluding carboxylic acids is 2. The van der Waals surface area contributed by atoms with Gasteiger partial charge in [-0.25, -0.2) is 0 Å². The zero-order valence-corrected chi connectivity index (χ0v) is 17.6. The molecular formula is C20H23N5O2S. The molecule has 0 aliphatic rings.